The van der Waals surface area contributed by atoms with Crippen LogP contribution in [0.1, 0.15) is 5.56 Å². The van der Waals surface area contributed by atoms with Crippen molar-refractivity contribution in [3.05, 3.63) is 35.4 Å². The third-order valence-electron chi connectivity index (χ3n) is 1.92. The second-order valence-corrected chi connectivity index (χ2v) is 4.19. The van der Waals surface area contributed by atoms with Crippen LogP contribution < -0.4 is 5.73 Å². The predicted octanol–water partition coefficient (Wildman–Crippen LogP) is 1.61. The Hall–Kier alpha value is -1.14. The standard InChI is InChI=1S/C10H11F2NO2S/c11-7-2-1-3-8(12)6(7)4-16-5-9(13)10(14)15/h1-3,9H,4-5,13H2,(H,14,15)/t9-/m0/s1. The van der Waals surface area contributed by atoms with Crippen molar-refractivity contribution in [2.45, 2.75) is 11.8 Å². The highest BCUT2D eigenvalue weighted by Crippen LogP contribution is 2.19. The second kappa shape index (κ2) is 5.81. The molecule has 0 aliphatic carbocycles. The van der Waals surface area contributed by atoms with Gasteiger partial charge in [0.05, 0.1) is 0 Å². The van der Waals surface area contributed by atoms with Crippen LogP contribution in [0.4, 0.5) is 8.78 Å². The summed E-state index contributed by atoms with van der Waals surface area (Å²) in [5.41, 5.74) is 5.20. The number of hydrogen-bond acceptors (Lipinski definition) is 3. The van der Waals surface area contributed by atoms with E-state index < -0.39 is 23.6 Å². The minimum atomic E-state index is -1.12. The van der Waals surface area contributed by atoms with E-state index in [1.807, 2.05) is 0 Å². The highest BCUT2D eigenvalue weighted by Gasteiger charge is 2.13. The predicted molar refractivity (Wildman–Crippen MR) is 58.1 cm³/mol. The van der Waals surface area contributed by atoms with E-state index in [0.29, 0.717) is 0 Å². The van der Waals surface area contributed by atoms with Crippen LogP contribution in [0.5, 0.6) is 0 Å². The van der Waals surface area contributed by atoms with Crippen LogP contribution in [0.2, 0.25) is 0 Å². The summed E-state index contributed by atoms with van der Waals surface area (Å²) in [7, 11) is 0. The topological polar surface area (TPSA) is 63.3 Å². The van der Waals surface area contributed by atoms with Crippen molar-refractivity contribution in [2.24, 2.45) is 5.73 Å². The SMILES string of the molecule is N[C@@H](CSCc1c(F)cccc1F)C(=O)O. The summed E-state index contributed by atoms with van der Waals surface area (Å²) in [6, 6.07) is 2.59. The molecule has 1 rings (SSSR count). The van der Waals surface area contributed by atoms with Crippen molar-refractivity contribution >= 4 is 17.7 Å². The highest BCUT2D eigenvalue weighted by atomic mass is 32.2. The maximum Gasteiger partial charge on any atom is 0.321 e. The number of thioether (sulfide) groups is 1. The number of aliphatic carboxylic acids is 1. The Bertz CT molecular complexity index is 367. The van der Waals surface area contributed by atoms with Gasteiger partial charge in [-0.3, -0.25) is 4.79 Å². The molecule has 0 saturated heterocycles. The number of carboxylic acid groups (broad SMARTS) is 1. The molecule has 0 saturated carbocycles. The molecule has 0 aliphatic heterocycles. The fraction of sp³-hybridized carbons (Fsp3) is 0.300. The van der Waals surface area contributed by atoms with Gasteiger partial charge in [0.1, 0.15) is 17.7 Å². The Labute approximate surface area is 95.6 Å². The van der Waals surface area contributed by atoms with Gasteiger partial charge in [-0.2, -0.15) is 11.8 Å². The van der Waals surface area contributed by atoms with Crippen molar-refractivity contribution in [2.75, 3.05) is 5.75 Å². The van der Waals surface area contributed by atoms with Crippen molar-refractivity contribution in [3.63, 3.8) is 0 Å². The normalized spacial score (nSPS) is 12.4. The van der Waals surface area contributed by atoms with E-state index in [1.54, 1.807) is 0 Å². The lowest BCUT2D eigenvalue weighted by Crippen LogP contribution is -2.32. The number of rotatable bonds is 5. The first-order valence-electron chi connectivity index (χ1n) is 4.51. The molecule has 1 atom stereocenters. The van der Waals surface area contributed by atoms with Gasteiger partial charge in [0.25, 0.3) is 0 Å². The first kappa shape index (κ1) is 12.9. The molecule has 0 radical (unpaired) electrons. The average Bonchev–Trinajstić information content (AvgIpc) is 2.22. The molecule has 1 aromatic carbocycles. The zero-order chi connectivity index (χ0) is 12.1. The summed E-state index contributed by atoms with van der Waals surface area (Å²) in [5.74, 6) is -2.20. The third-order valence-corrected chi connectivity index (χ3v) is 3.01. The molecule has 0 fully saturated rings. The van der Waals surface area contributed by atoms with E-state index in [9.17, 15) is 13.6 Å². The van der Waals surface area contributed by atoms with Gasteiger partial charge >= 0.3 is 5.97 Å². The maximum absolute atomic E-state index is 13.1. The van der Waals surface area contributed by atoms with Gasteiger partial charge in [0.2, 0.25) is 0 Å². The van der Waals surface area contributed by atoms with Gasteiger partial charge in [0.15, 0.2) is 0 Å². The monoisotopic (exact) mass is 247 g/mol. The Morgan fingerprint density at radius 1 is 1.44 bits per heavy atom. The van der Waals surface area contributed by atoms with Crippen LogP contribution in [-0.2, 0) is 10.5 Å². The molecule has 0 spiro atoms. The molecule has 3 N–H and O–H groups in total. The molecule has 0 unspecified atom stereocenters. The Kier molecular flexibility index (Phi) is 4.70. The average molecular weight is 247 g/mol. The smallest absolute Gasteiger partial charge is 0.321 e. The summed E-state index contributed by atoms with van der Waals surface area (Å²) in [4.78, 5) is 10.4. The number of benzene rings is 1. The summed E-state index contributed by atoms with van der Waals surface area (Å²) in [6.07, 6.45) is 0. The first-order chi connectivity index (χ1) is 7.52. The molecule has 0 bridgehead atoms. The molecular formula is C10H11F2NO2S. The van der Waals surface area contributed by atoms with Gasteiger partial charge in [0, 0.05) is 17.1 Å². The van der Waals surface area contributed by atoms with E-state index in [0.717, 1.165) is 23.9 Å². The van der Waals surface area contributed by atoms with E-state index in [2.05, 4.69) is 0 Å². The summed E-state index contributed by atoms with van der Waals surface area (Å²) < 4.78 is 26.3. The third kappa shape index (κ3) is 3.46. The Morgan fingerprint density at radius 2 is 2.00 bits per heavy atom. The van der Waals surface area contributed by atoms with Gasteiger partial charge in [-0.05, 0) is 12.1 Å². The quantitative estimate of drug-likeness (QED) is 0.829. The van der Waals surface area contributed by atoms with E-state index in [1.165, 1.54) is 6.07 Å². The lowest BCUT2D eigenvalue weighted by Gasteiger charge is -2.07. The highest BCUT2D eigenvalue weighted by molar-refractivity contribution is 7.98. The molecule has 16 heavy (non-hydrogen) atoms. The zero-order valence-corrected chi connectivity index (χ0v) is 9.14. The number of carboxylic acids is 1. The number of halogens is 2. The first-order valence-corrected chi connectivity index (χ1v) is 5.67. The fourth-order valence-electron chi connectivity index (χ4n) is 1.03. The van der Waals surface area contributed by atoms with Crippen LogP contribution in [0.25, 0.3) is 0 Å². The fourth-order valence-corrected chi connectivity index (χ4v) is 2.02. The lowest BCUT2D eigenvalue weighted by atomic mass is 10.2. The zero-order valence-electron chi connectivity index (χ0n) is 8.32. The van der Waals surface area contributed by atoms with Crippen LogP contribution in [0, 0.1) is 11.6 Å². The molecule has 1 aromatic rings. The van der Waals surface area contributed by atoms with Crippen LogP contribution in [-0.4, -0.2) is 22.9 Å². The summed E-state index contributed by atoms with van der Waals surface area (Å²) in [5, 5.41) is 8.50. The minimum Gasteiger partial charge on any atom is -0.480 e. The summed E-state index contributed by atoms with van der Waals surface area (Å²) in [6.45, 7) is 0. The van der Waals surface area contributed by atoms with Crippen molar-refractivity contribution in [3.8, 4) is 0 Å². The van der Waals surface area contributed by atoms with Crippen LogP contribution in [0.3, 0.4) is 0 Å². The van der Waals surface area contributed by atoms with Gasteiger partial charge in [-0.25, -0.2) is 8.78 Å². The van der Waals surface area contributed by atoms with E-state index in [-0.39, 0.29) is 17.1 Å². The molecule has 0 aromatic heterocycles. The molecular weight excluding hydrogens is 236 g/mol. The number of nitrogens with two attached hydrogens (primary N) is 1. The molecule has 0 aliphatic rings. The van der Waals surface area contributed by atoms with E-state index >= 15 is 0 Å². The summed E-state index contributed by atoms with van der Waals surface area (Å²) >= 11 is 1.09. The van der Waals surface area contributed by atoms with Gasteiger partial charge in [-0.1, -0.05) is 6.07 Å². The van der Waals surface area contributed by atoms with Crippen LogP contribution in [0.15, 0.2) is 18.2 Å². The van der Waals surface area contributed by atoms with Crippen molar-refractivity contribution in [1.29, 1.82) is 0 Å². The Balaban J connectivity index is 2.52. The number of carbonyl (C=O) groups is 1. The number of hydrogen-bond donors (Lipinski definition) is 2. The largest absolute Gasteiger partial charge is 0.480 e. The second-order valence-electron chi connectivity index (χ2n) is 3.16. The van der Waals surface area contributed by atoms with Crippen molar-refractivity contribution < 1.29 is 18.7 Å². The molecule has 6 heteroatoms. The maximum atomic E-state index is 13.1. The van der Waals surface area contributed by atoms with Crippen LogP contribution >= 0.6 is 11.8 Å². The van der Waals surface area contributed by atoms with Gasteiger partial charge < -0.3 is 10.8 Å². The molecule has 88 valence electrons. The molecule has 0 heterocycles. The molecule has 3 nitrogen and oxygen atoms in total. The molecule has 0 amide bonds. The Morgan fingerprint density at radius 3 is 2.50 bits per heavy atom. The lowest BCUT2D eigenvalue weighted by molar-refractivity contribution is -0.137. The van der Waals surface area contributed by atoms with Gasteiger partial charge in [-0.15, -0.1) is 0 Å². The van der Waals surface area contributed by atoms with Crippen molar-refractivity contribution in [1.82, 2.24) is 0 Å². The minimum absolute atomic E-state index is 0.0508. The van der Waals surface area contributed by atoms with E-state index in [4.69, 9.17) is 10.8 Å².